The first-order valence-electron chi connectivity index (χ1n) is 12.4. The van der Waals surface area contributed by atoms with Gasteiger partial charge in [0, 0.05) is 30.6 Å². The van der Waals surface area contributed by atoms with Crippen molar-refractivity contribution < 1.29 is 4.74 Å². The number of nitrogens with zero attached hydrogens (tertiary/aromatic N) is 3. The maximum Gasteiger partial charge on any atom is 0.119 e. The summed E-state index contributed by atoms with van der Waals surface area (Å²) in [4.78, 5) is 7.07. The van der Waals surface area contributed by atoms with Crippen molar-refractivity contribution in [3.63, 3.8) is 0 Å². The highest BCUT2D eigenvalue weighted by molar-refractivity contribution is 5.83. The largest absolute Gasteiger partial charge is 0.497 e. The molecule has 0 saturated carbocycles. The third-order valence-electron chi connectivity index (χ3n) is 7.14. The molecule has 0 bridgehead atoms. The van der Waals surface area contributed by atoms with E-state index in [1.807, 2.05) is 30.5 Å². The average molecular weight is 437 g/mol. The van der Waals surface area contributed by atoms with Gasteiger partial charge in [-0.2, -0.15) is 5.26 Å². The van der Waals surface area contributed by atoms with Gasteiger partial charge < -0.3 is 15.4 Å². The summed E-state index contributed by atoms with van der Waals surface area (Å²) in [6, 6.07) is 10.4. The van der Waals surface area contributed by atoms with E-state index in [4.69, 9.17) is 10.5 Å². The Labute approximate surface area is 194 Å². The zero-order valence-electron chi connectivity index (χ0n) is 19.9. The second kappa shape index (κ2) is 12.8. The number of rotatable bonds is 12. The number of hydrogen-bond acceptors (Lipinski definition) is 5. The molecule has 5 nitrogen and oxygen atoms in total. The molecule has 0 radical (unpaired) electrons. The van der Waals surface area contributed by atoms with Crippen LogP contribution < -0.4 is 10.5 Å². The van der Waals surface area contributed by atoms with E-state index in [0.29, 0.717) is 18.3 Å². The van der Waals surface area contributed by atoms with Crippen molar-refractivity contribution in [1.29, 1.82) is 5.26 Å². The molecule has 3 rings (SSSR count). The number of nitriles is 1. The van der Waals surface area contributed by atoms with Crippen LogP contribution in [0.2, 0.25) is 0 Å². The standard InChI is InChI=1S/C27H40N4O/c1-3-4-5-6-7-17-31-18-14-21(22(20-31)12-15-28)8-10-26(29)24-13-16-30-27-11-9-23(32-2)19-25(24)27/h9,11,13,16,19,21-22,26H,3-8,10,12,14,17-18,20,29H2,1-2H3/t21-,22+,26?/m1/s1. The lowest BCUT2D eigenvalue weighted by Crippen LogP contribution is -2.41. The normalized spacial score (nSPS) is 20.2. The third-order valence-corrected chi connectivity index (χ3v) is 7.14. The first-order chi connectivity index (χ1) is 15.7. The van der Waals surface area contributed by atoms with E-state index in [-0.39, 0.29) is 6.04 Å². The molecule has 0 aliphatic carbocycles. The van der Waals surface area contributed by atoms with Gasteiger partial charge in [0.1, 0.15) is 5.75 Å². The molecule has 1 saturated heterocycles. The molecule has 174 valence electrons. The van der Waals surface area contributed by atoms with Crippen molar-refractivity contribution in [1.82, 2.24) is 9.88 Å². The number of unbranched alkanes of at least 4 members (excludes halogenated alkanes) is 4. The van der Waals surface area contributed by atoms with Crippen molar-refractivity contribution in [2.45, 2.75) is 70.8 Å². The SMILES string of the molecule is CCCCCCCN1CC[C@@H](CCC(N)c2ccnc3ccc(OC)cc23)[C@@H](CC#N)C1. The zero-order chi connectivity index (χ0) is 22.8. The van der Waals surface area contributed by atoms with E-state index in [0.717, 1.165) is 48.1 Å². The minimum Gasteiger partial charge on any atom is -0.497 e. The number of pyridine rings is 1. The highest BCUT2D eigenvalue weighted by atomic mass is 16.5. The van der Waals surface area contributed by atoms with Gasteiger partial charge in [-0.15, -0.1) is 0 Å². The average Bonchev–Trinajstić information content (AvgIpc) is 2.82. The number of methoxy groups -OCH3 is 1. The summed E-state index contributed by atoms with van der Waals surface area (Å²) in [5.41, 5.74) is 8.76. The molecule has 2 N–H and O–H groups in total. The van der Waals surface area contributed by atoms with Gasteiger partial charge in [-0.05, 0) is 80.4 Å². The highest BCUT2D eigenvalue weighted by Gasteiger charge is 2.29. The van der Waals surface area contributed by atoms with Crippen molar-refractivity contribution in [3.05, 3.63) is 36.0 Å². The first-order valence-corrected chi connectivity index (χ1v) is 12.4. The van der Waals surface area contributed by atoms with Gasteiger partial charge in [-0.25, -0.2) is 0 Å². The summed E-state index contributed by atoms with van der Waals surface area (Å²) in [6.07, 6.45) is 12.3. The maximum absolute atomic E-state index is 9.41. The molecular formula is C27H40N4O. The van der Waals surface area contributed by atoms with E-state index in [9.17, 15) is 5.26 Å². The molecule has 1 aliphatic heterocycles. The first kappa shape index (κ1) is 24.5. The minimum absolute atomic E-state index is 0.0352. The van der Waals surface area contributed by atoms with Crippen LogP contribution in [0.5, 0.6) is 5.75 Å². The predicted octanol–water partition coefficient (Wildman–Crippen LogP) is 5.85. The van der Waals surface area contributed by atoms with Gasteiger partial charge in [0.05, 0.1) is 18.7 Å². The van der Waals surface area contributed by atoms with E-state index < -0.39 is 0 Å². The maximum atomic E-state index is 9.41. The second-order valence-electron chi connectivity index (χ2n) is 9.35. The van der Waals surface area contributed by atoms with Gasteiger partial charge in [0.2, 0.25) is 0 Å². The van der Waals surface area contributed by atoms with Crippen LogP contribution in [-0.4, -0.2) is 36.6 Å². The number of hydrogen-bond donors (Lipinski definition) is 1. The van der Waals surface area contributed by atoms with E-state index in [2.05, 4.69) is 22.9 Å². The topological polar surface area (TPSA) is 75.2 Å². The quantitative estimate of drug-likeness (QED) is 0.423. The molecule has 0 amide bonds. The van der Waals surface area contributed by atoms with Crippen LogP contribution in [0.1, 0.15) is 76.3 Å². The predicted molar refractivity (Wildman–Crippen MR) is 131 cm³/mol. The lowest BCUT2D eigenvalue weighted by atomic mass is 9.79. The Morgan fingerprint density at radius 1 is 1.22 bits per heavy atom. The number of nitrogens with two attached hydrogens (primary N) is 1. The van der Waals surface area contributed by atoms with Crippen LogP contribution in [0.25, 0.3) is 10.9 Å². The fourth-order valence-electron chi connectivity index (χ4n) is 5.17. The molecular weight excluding hydrogens is 396 g/mol. The van der Waals surface area contributed by atoms with Gasteiger partial charge >= 0.3 is 0 Å². The number of likely N-dealkylation sites (tertiary alicyclic amines) is 1. The van der Waals surface area contributed by atoms with Crippen molar-refractivity contribution in [3.8, 4) is 11.8 Å². The molecule has 2 aromatic rings. The molecule has 32 heavy (non-hydrogen) atoms. The number of piperidine rings is 1. The Balaban J connectivity index is 1.56. The van der Waals surface area contributed by atoms with Crippen molar-refractivity contribution in [2.75, 3.05) is 26.7 Å². The number of fused-ring (bicyclic) bond motifs is 1. The van der Waals surface area contributed by atoms with Gasteiger partial charge in [-0.3, -0.25) is 4.98 Å². The van der Waals surface area contributed by atoms with Crippen LogP contribution in [0.3, 0.4) is 0 Å². The minimum atomic E-state index is -0.0352. The molecule has 5 heteroatoms. The summed E-state index contributed by atoms with van der Waals surface area (Å²) in [6.45, 7) is 5.67. The number of benzene rings is 1. The molecule has 2 heterocycles. The van der Waals surface area contributed by atoms with E-state index in [1.165, 1.54) is 45.1 Å². The Morgan fingerprint density at radius 2 is 2.06 bits per heavy atom. The van der Waals surface area contributed by atoms with Crippen molar-refractivity contribution in [2.24, 2.45) is 17.6 Å². The molecule has 1 aliphatic rings. The Morgan fingerprint density at radius 3 is 2.84 bits per heavy atom. The summed E-state index contributed by atoms with van der Waals surface area (Å²) in [7, 11) is 1.68. The van der Waals surface area contributed by atoms with Crippen LogP contribution >= 0.6 is 0 Å². The molecule has 3 atom stereocenters. The molecule has 0 spiro atoms. The third kappa shape index (κ3) is 6.67. The molecule has 1 aromatic carbocycles. The van der Waals surface area contributed by atoms with E-state index in [1.54, 1.807) is 7.11 Å². The second-order valence-corrected chi connectivity index (χ2v) is 9.35. The monoisotopic (exact) mass is 436 g/mol. The van der Waals surface area contributed by atoms with Gasteiger partial charge in [-0.1, -0.05) is 32.6 Å². The zero-order valence-corrected chi connectivity index (χ0v) is 19.9. The highest BCUT2D eigenvalue weighted by Crippen LogP contribution is 2.34. The summed E-state index contributed by atoms with van der Waals surface area (Å²) in [5, 5.41) is 10.5. The Kier molecular flexibility index (Phi) is 9.77. The Hall–Kier alpha value is -2.16. The lowest BCUT2D eigenvalue weighted by molar-refractivity contribution is 0.111. The van der Waals surface area contributed by atoms with Gasteiger partial charge in [0.15, 0.2) is 0 Å². The van der Waals surface area contributed by atoms with Crippen LogP contribution in [0.15, 0.2) is 30.5 Å². The summed E-state index contributed by atoms with van der Waals surface area (Å²) in [5.74, 6) is 1.88. The smallest absolute Gasteiger partial charge is 0.119 e. The number of aromatic nitrogens is 1. The Bertz CT molecular complexity index is 878. The van der Waals surface area contributed by atoms with Gasteiger partial charge in [0.25, 0.3) is 0 Å². The molecule has 1 fully saturated rings. The van der Waals surface area contributed by atoms with Crippen LogP contribution in [0, 0.1) is 23.2 Å². The van der Waals surface area contributed by atoms with Crippen LogP contribution in [0.4, 0.5) is 0 Å². The van der Waals surface area contributed by atoms with E-state index >= 15 is 0 Å². The fourth-order valence-corrected chi connectivity index (χ4v) is 5.17. The molecule has 1 unspecified atom stereocenters. The van der Waals surface area contributed by atoms with Crippen molar-refractivity contribution >= 4 is 10.9 Å². The summed E-state index contributed by atoms with van der Waals surface area (Å²) < 4.78 is 5.41. The summed E-state index contributed by atoms with van der Waals surface area (Å²) >= 11 is 0. The molecule has 1 aromatic heterocycles. The number of ether oxygens (including phenoxy) is 1. The lowest BCUT2D eigenvalue weighted by Gasteiger charge is -2.38. The fraction of sp³-hybridized carbons (Fsp3) is 0.630. The van der Waals surface area contributed by atoms with Crippen LogP contribution in [-0.2, 0) is 0 Å².